The molecule has 3 unspecified atom stereocenters. The number of carbonyl (C=O) groups excluding carboxylic acids is 1. The standard InChI is InChI=1S/C36H45FN6O2/c1-3-34-40-16-19-42(34)25-36(29-6-4-7-30(37)20-29,32-8-5-9-33(32)45-35(44)39-2)28-14-17-41(18-15-28)22-27-23-43(24-27)31-12-10-26(21-38)11-13-31/h4,6-7,10-13,16,19-20,27-28,32-33H,3,5,8-9,14-15,17-18,22-25H2,1-2H3,(H,39,44). The summed E-state index contributed by atoms with van der Waals surface area (Å²) in [6.45, 7) is 7.92. The first-order chi connectivity index (χ1) is 21.9. The van der Waals surface area contributed by atoms with E-state index >= 15 is 4.39 Å². The molecule has 238 valence electrons. The van der Waals surface area contributed by atoms with Crippen molar-refractivity contribution in [2.75, 3.05) is 44.7 Å². The summed E-state index contributed by atoms with van der Waals surface area (Å²) in [6.07, 6.45) is 8.83. The van der Waals surface area contributed by atoms with Crippen LogP contribution in [0.4, 0.5) is 14.9 Å². The average Bonchev–Trinajstić information content (AvgIpc) is 3.71. The van der Waals surface area contributed by atoms with E-state index in [1.165, 1.54) is 11.8 Å². The Morgan fingerprint density at radius 2 is 1.91 bits per heavy atom. The largest absolute Gasteiger partial charge is 0.446 e. The lowest BCUT2D eigenvalue weighted by Crippen LogP contribution is -2.55. The summed E-state index contributed by atoms with van der Waals surface area (Å²) >= 11 is 0. The minimum Gasteiger partial charge on any atom is -0.446 e. The number of rotatable bonds is 10. The van der Waals surface area contributed by atoms with Crippen molar-refractivity contribution in [3.8, 4) is 6.07 Å². The van der Waals surface area contributed by atoms with Gasteiger partial charge in [0.1, 0.15) is 17.7 Å². The summed E-state index contributed by atoms with van der Waals surface area (Å²) < 4.78 is 23.4. The Balaban J connectivity index is 1.23. The quantitative estimate of drug-likeness (QED) is 0.313. The molecule has 6 rings (SSSR count). The van der Waals surface area contributed by atoms with Crippen LogP contribution in [0.3, 0.4) is 0 Å². The van der Waals surface area contributed by atoms with E-state index in [1.807, 2.05) is 36.5 Å². The fourth-order valence-corrected chi connectivity index (χ4v) is 8.44. The van der Waals surface area contributed by atoms with E-state index in [0.29, 0.717) is 18.0 Å². The van der Waals surface area contributed by atoms with Crippen LogP contribution in [0.2, 0.25) is 0 Å². The van der Waals surface area contributed by atoms with Crippen molar-refractivity contribution >= 4 is 11.8 Å². The number of anilines is 1. The zero-order valence-corrected chi connectivity index (χ0v) is 26.5. The molecule has 3 aliphatic rings. The van der Waals surface area contributed by atoms with E-state index in [0.717, 1.165) is 82.6 Å². The summed E-state index contributed by atoms with van der Waals surface area (Å²) in [6, 6.07) is 17.2. The number of halogens is 1. The lowest BCUT2D eigenvalue weighted by Gasteiger charge is -2.51. The number of nitriles is 1. The van der Waals surface area contributed by atoms with Crippen LogP contribution in [-0.4, -0.2) is 66.4 Å². The van der Waals surface area contributed by atoms with Gasteiger partial charge < -0.3 is 24.4 Å². The number of aromatic nitrogens is 2. The average molecular weight is 613 g/mol. The van der Waals surface area contributed by atoms with Crippen LogP contribution in [0.1, 0.15) is 56.0 Å². The SMILES string of the molecule is CCc1nccn1CC(c1cccc(F)c1)(C1CCN(CC2CN(c3ccc(C#N)cc3)C2)CC1)C1CCCC1OC(=O)NC. The molecule has 3 atom stereocenters. The van der Waals surface area contributed by atoms with Gasteiger partial charge in [-0.15, -0.1) is 0 Å². The highest BCUT2D eigenvalue weighted by Gasteiger charge is 2.53. The van der Waals surface area contributed by atoms with E-state index in [-0.39, 0.29) is 23.8 Å². The van der Waals surface area contributed by atoms with Crippen LogP contribution in [0.5, 0.6) is 0 Å². The van der Waals surface area contributed by atoms with Crippen LogP contribution in [-0.2, 0) is 23.1 Å². The Morgan fingerprint density at radius 1 is 1.13 bits per heavy atom. The van der Waals surface area contributed by atoms with Gasteiger partial charge in [-0.3, -0.25) is 0 Å². The van der Waals surface area contributed by atoms with Crippen molar-refractivity contribution < 1.29 is 13.9 Å². The Bertz CT molecular complexity index is 1490. The third-order valence-electron chi connectivity index (χ3n) is 10.6. The Labute approximate surface area is 266 Å². The summed E-state index contributed by atoms with van der Waals surface area (Å²) in [4.78, 5) is 22.2. The molecule has 0 radical (unpaired) electrons. The molecule has 1 amide bonds. The Hall–Kier alpha value is -3.90. The van der Waals surface area contributed by atoms with Crippen molar-refractivity contribution in [2.24, 2.45) is 17.8 Å². The highest BCUT2D eigenvalue weighted by Crippen LogP contribution is 2.52. The predicted octanol–water partition coefficient (Wildman–Crippen LogP) is 5.77. The molecule has 2 aromatic carbocycles. The molecular weight excluding hydrogens is 567 g/mol. The number of likely N-dealkylation sites (tertiary alicyclic amines) is 1. The van der Waals surface area contributed by atoms with Crippen molar-refractivity contribution in [2.45, 2.75) is 63.5 Å². The molecule has 2 aliphatic heterocycles. The van der Waals surface area contributed by atoms with Crippen molar-refractivity contribution in [1.29, 1.82) is 5.26 Å². The number of aryl methyl sites for hydroxylation is 1. The minimum atomic E-state index is -0.420. The molecule has 1 aromatic heterocycles. The summed E-state index contributed by atoms with van der Waals surface area (Å²) in [7, 11) is 1.60. The molecule has 1 N–H and O–H groups in total. The first-order valence-corrected chi connectivity index (χ1v) is 16.5. The topological polar surface area (TPSA) is 86.4 Å². The van der Waals surface area contributed by atoms with Gasteiger partial charge in [-0.2, -0.15) is 5.26 Å². The number of nitrogens with zero attached hydrogens (tertiary/aromatic N) is 5. The molecule has 45 heavy (non-hydrogen) atoms. The predicted molar refractivity (Wildman–Crippen MR) is 172 cm³/mol. The summed E-state index contributed by atoms with van der Waals surface area (Å²) in [5, 5.41) is 11.8. The summed E-state index contributed by atoms with van der Waals surface area (Å²) in [5.74, 6) is 1.76. The van der Waals surface area contributed by atoms with Gasteiger partial charge in [-0.1, -0.05) is 19.1 Å². The molecule has 1 aliphatic carbocycles. The number of carbonyl (C=O) groups is 1. The van der Waals surface area contributed by atoms with Crippen LogP contribution < -0.4 is 10.2 Å². The fourth-order valence-electron chi connectivity index (χ4n) is 8.44. The van der Waals surface area contributed by atoms with Crippen molar-refractivity contribution in [1.82, 2.24) is 19.8 Å². The van der Waals surface area contributed by atoms with Gasteiger partial charge in [0, 0.05) is 75.0 Å². The minimum absolute atomic E-state index is 0.0628. The van der Waals surface area contributed by atoms with Gasteiger partial charge in [0.15, 0.2) is 0 Å². The lowest BCUT2D eigenvalue weighted by molar-refractivity contribution is 0.00161. The molecule has 0 bridgehead atoms. The smallest absolute Gasteiger partial charge is 0.407 e. The van der Waals surface area contributed by atoms with E-state index in [1.54, 1.807) is 13.1 Å². The molecule has 0 spiro atoms. The number of piperidine rings is 1. The third-order valence-corrected chi connectivity index (χ3v) is 10.6. The van der Waals surface area contributed by atoms with Crippen LogP contribution in [0, 0.1) is 34.9 Å². The summed E-state index contributed by atoms with van der Waals surface area (Å²) in [5.41, 5.74) is 2.46. The van der Waals surface area contributed by atoms with Crippen molar-refractivity contribution in [3.05, 3.63) is 83.7 Å². The van der Waals surface area contributed by atoms with E-state index < -0.39 is 11.5 Å². The van der Waals surface area contributed by atoms with Gasteiger partial charge in [0.05, 0.1) is 11.6 Å². The lowest BCUT2D eigenvalue weighted by atomic mass is 9.58. The number of nitrogens with one attached hydrogen (secondary N) is 1. The molecule has 1 saturated carbocycles. The molecule has 3 aromatic rings. The molecule has 2 saturated heterocycles. The van der Waals surface area contributed by atoms with Crippen LogP contribution in [0.15, 0.2) is 60.9 Å². The zero-order chi connectivity index (χ0) is 31.4. The van der Waals surface area contributed by atoms with E-state index in [9.17, 15) is 4.79 Å². The monoisotopic (exact) mass is 612 g/mol. The first kappa shape index (κ1) is 31.1. The van der Waals surface area contributed by atoms with Gasteiger partial charge in [-0.25, -0.2) is 14.2 Å². The van der Waals surface area contributed by atoms with Gasteiger partial charge in [0.25, 0.3) is 0 Å². The maximum absolute atomic E-state index is 15.0. The fraction of sp³-hybridized carbons (Fsp3) is 0.528. The van der Waals surface area contributed by atoms with Crippen molar-refractivity contribution in [3.63, 3.8) is 0 Å². The van der Waals surface area contributed by atoms with Gasteiger partial charge in [0.2, 0.25) is 0 Å². The molecule has 9 heteroatoms. The number of hydrogen-bond donors (Lipinski definition) is 1. The van der Waals surface area contributed by atoms with Gasteiger partial charge >= 0.3 is 6.09 Å². The molecule has 3 fully saturated rings. The highest BCUT2D eigenvalue weighted by atomic mass is 19.1. The van der Waals surface area contributed by atoms with Gasteiger partial charge in [-0.05, 0) is 93.1 Å². The van der Waals surface area contributed by atoms with Crippen LogP contribution in [0.25, 0.3) is 0 Å². The number of hydrogen-bond acceptors (Lipinski definition) is 6. The maximum atomic E-state index is 15.0. The molecule has 3 heterocycles. The number of amides is 1. The van der Waals surface area contributed by atoms with E-state index in [2.05, 4.69) is 49.9 Å². The number of benzene rings is 2. The second kappa shape index (κ2) is 13.6. The first-order valence-electron chi connectivity index (χ1n) is 16.5. The number of alkyl carbamates (subject to hydrolysis) is 1. The third kappa shape index (κ3) is 6.44. The Morgan fingerprint density at radius 3 is 2.60 bits per heavy atom. The number of ether oxygens (including phenoxy) is 1. The second-order valence-corrected chi connectivity index (χ2v) is 13.1. The van der Waals surface area contributed by atoms with Crippen LogP contribution >= 0.6 is 0 Å². The maximum Gasteiger partial charge on any atom is 0.407 e. The normalized spacial score (nSPS) is 22.4. The highest BCUT2D eigenvalue weighted by molar-refractivity contribution is 5.67. The van der Waals surface area contributed by atoms with E-state index in [4.69, 9.17) is 10.00 Å². The molecule has 8 nitrogen and oxygen atoms in total. The number of imidazole rings is 1. The Kier molecular flexibility index (Phi) is 9.41. The second-order valence-electron chi connectivity index (χ2n) is 13.1. The zero-order valence-electron chi connectivity index (χ0n) is 26.5. The molecular formula is C36H45FN6O2.